The van der Waals surface area contributed by atoms with Crippen LogP contribution in [0, 0.1) is 33.1 Å². The number of nitro benzene ring substituents is 2. The molecule has 0 fully saturated rings. The number of nitrogens with zero attached hydrogens (tertiary/aromatic N) is 3. The Balaban J connectivity index is 1.72. The lowest BCUT2D eigenvalue weighted by Gasteiger charge is -2.18. The summed E-state index contributed by atoms with van der Waals surface area (Å²) in [5, 5.41) is 28.7. The molecular weight excluding hydrogens is 562 g/mol. The predicted octanol–water partition coefficient (Wildman–Crippen LogP) is 5.13. The summed E-state index contributed by atoms with van der Waals surface area (Å²) < 4.78 is 6.64. The first-order chi connectivity index (χ1) is 17.9. The molecule has 0 unspecified atom stereocenters. The molecule has 1 atom stereocenters. The van der Waals surface area contributed by atoms with Crippen LogP contribution in [0.4, 0.5) is 11.4 Å². The summed E-state index contributed by atoms with van der Waals surface area (Å²) in [4.78, 5) is 46.2. The van der Waals surface area contributed by atoms with Crippen LogP contribution in [0.1, 0.15) is 41.9 Å². The zero-order valence-electron chi connectivity index (χ0n) is 20.6. The van der Waals surface area contributed by atoms with Crippen molar-refractivity contribution in [2.24, 2.45) is 11.0 Å². The van der Waals surface area contributed by atoms with Crippen molar-refractivity contribution in [1.82, 2.24) is 10.7 Å². The number of hydrogen-bond donors (Lipinski definition) is 2. The minimum Gasteiger partial charge on any atom is -0.455 e. The lowest BCUT2D eigenvalue weighted by atomic mass is 10.0. The van der Waals surface area contributed by atoms with Crippen LogP contribution in [0.5, 0.6) is 0 Å². The largest absolute Gasteiger partial charge is 0.455 e. The maximum Gasteiger partial charge on any atom is 0.277 e. The molecule has 3 aromatic rings. The maximum atomic E-state index is 12.8. The second-order valence-corrected chi connectivity index (χ2v) is 9.68. The van der Waals surface area contributed by atoms with Gasteiger partial charge in [-0.15, -0.1) is 0 Å². The zero-order chi connectivity index (χ0) is 28.0. The number of carbonyl (C=O) groups excluding carboxylic acids is 2. The van der Waals surface area contributed by atoms with E-state index in [4.69, 9.17) is 4.42 Å². The van der Waals surface area contributed by atoms with E-state index >= 15 is 0 Å². The number of rotatable bonds is 10. The third-order valence-corrected chi connectivity index (χ3v) is 5.95. The van der Waals surface area contributed by atoms with E-state index in [0.717, 1.165) is 33.8 Å². The molecule has 3 rings (SSSR count). The maximum absolute atomic E-state index is 12.8. The molecule has 2 N–H and O–H groups in total. The van der Waals surface area contributed by atoms with E-state index < -0.39 is 39.1 Å². The van der Waals surface area contributed by atoms with Crippen LogP contribution >= 0.6 is 15.9 Å². The van der Waals surface area contributed by atoms with Crippen molar-refractivity contribution in [3.05, 3.63) is 90.1 Å². The Kier molecular flexibility index (Phi) is 9.07. The van der Waals surface area contributed by atoms with Crippen LogP contribution in [-0.2, 0) is 4.79 Å². The van der Waals surface area contributed by atoms with Gasteiger partial charge in [0.2, 0.25) is 0 Å². The standard InChI is InChI=1S/C25H24BrN5O7/c1-14(2)8-22(28-24(32)16-10-17(30(34)35)12-18(11-16)31(36)37)25(33)29-27-13-19-5-7-23(38-19)20-6-4-15(3)9-21(20)26/h4-7,9-14,22H,8H2,1-3H3,(H,28,32)(H,29,33)/b27-13-/t22-/m0/s1. The summed E-state index contributed by atoms with van der Waals surface area (Å²) in [6.45, 7) is 5.64. The number of benzene rings is 2. The van der Waals surface area contributed by atoms with E-state index in [-0.39, 0.29) is 17.9 Å². The van der Waals surface area contributed by atoms with Gasteiger partial charge in [0.05, 0.1) is 27.7 Å². The van der Waals surface area contributed by atoms with Crippen LogP contribution < -0.4 is 10.7 Å². The molecule has 1 aromatic heterocycles. The van der Waals surface area contributed by atoms with Crippen LogP contribution in [0.25, 0.3) is 11.3 Å². The molecule has 0 saturated carbocycles. The first-order valence-corrected chi connectivity index (χ1v) is 12.2. The normalized spacial score (nSPS) is 11.9. The molecule has 0 aliphatic carbocycles. The van der Waals surface area contributed by atoms with Gasteiger partial charge in [-0.25, -0.2) is 5.43 Å². The number of halogens is 1. The number of nitrogens with one attached hydrogen (secondary N) is 2. The van der Waals surface area contributed by atoms with Gasteiger partial charge in [-0.1, -0.05) is 35.8 Å². The van der Waals surface area contributed by atoms with E-state index in [0.29, 0.717) is 11.5 Å². The fraction of sp³-hybridized carbons (Fsp3) is 0.240. The molecule has 0 radical (unpaired) electrons. The van der Waals surface area contributed by atoms with E-state index in [2.05, 4.69) is 31.8 Å². The minimum atomic E-state index is -1.06. The molecule has 1 heterocycles. The highest BCUT2D eigenvalue weighted by atomic mass is 79.9. The van der Waals surface area contributed by atoms with Gasteiger partial charge in [-0.2, -0.15) is 5.10 Å². The number of aryl methyl sites for hydroxylation is 1. The molecular formula is C25H24BrN5O7. The van der Waals surface area contributed by atoms with Crippen LogP contribution in [0.15, 0.2) is 62.5 Å². The Bertz CT molecular complexity index is 1380. The minimum absolute atomic E-state index is 0.0185. The SMILES string of the molecule is Cc1ccc(-c2ccc(/C=N\NC(=O)[C@H](CC(C)C)NC(=O)c3cc([N+](=O)[O-])cc([N+](=O)[O-])c3)o2)c(Br)c1. The lowest BCUT2D eigenvalue weighted by molar-refractivity contribution is -0.394. The molecule has 2 aromatic carbocycles. The molecule has 198 valence electrons. The summed E-state index contributed by atoms with van der Waals surface area (Å²) >= 11 is 3.51. The molecule has 0 bridgehead atoms. The third-order valence-electron chi connectivity index (χ3n) is 5.30. The van der Waals surface area contributed by atoms with Gasteiger partial charge in [0.15, 0.2) is 0 Å². The monoisotopic (exact) mass is 585 g/mol. The molecule has 0 aliphatic rings. The second-order valence-electron chi connectivity index (χ2n) is 8.83. The molecule has 12 nitrogen and oxygen atoms in total. The Morgan fingerprint density at radius 2 is 1.71 bits per heavy atom. The Morgan fingerprint density at radius 1 is 1.05 bits per heavy atom. The Hall–Kier alpha value is -4.39. The van der Waals surface area contributed by atoms with Crippen molar-refractivity contribution in [2.75, 3.05) is 0 Å². The Labute approximate surface area is 225 Å². The van der Waals surface area contributed by atoms with Gasteiger partial charge >= 0.3 is 0 Å². The average molecular weight is 586 g/mol. The van der Waals surface area contributed by atoms with E-state index in [1.165, 1.54) is 6.21 Å². The van der Waals surface area contributed by atoms with Gasteiger partial charge in [0, 0.05) is 22.2 Å². The van der Waals surface area contributed by atoms with Gasteiger partial charge in [-0.05, 0) is 49.1 Å². The fourth-order valence-electron chi connectivity index (χ4n) is 3.51. The fourth-order valence-corrected chi connectivity index (χ4v) is 4.19. The van der Waals surface area contributed by atoms with Crippen molar-refractivity contribution < 1.29 is 23.9 Å². The highest BCUT2D eigenvalue weighted by Gasteiger charge is 2.25. The third kappa shape index (κ3) is 7.32. The predicted molar refractivity (Wildman–Crippen MR) is 143 cm³/mol. The number of hydrogen-bond acceptors (Lipinski definition) is 8. The van der Waals surface area contributed by atoms with E-state index in [1.807, 2.05) is 39.0 Å². The molecule has 38 heavy (non-hydrogen) atoms. The van der Waals surface area contributed by atoms with Gasteiger partial charge in [-0.3, -0.25) is 29.8 Å². The quantitative estimate of drug-likeness (QED) is 0.188. The summed E-state index contributed by atoms with van der Waals surface area (Å²) in [5.41, 5.74) is 2.73. The lowest BCUT2D eigenvalue weighted by Crippen LogP contribution is -2.46. The topological polar surface area (TPSA) is 170 Å². The summed E-state index contributed by atoms with van der Waals surface area (Å²) in [7, 11) is 0. The van der Waals surface area contributed by atoms with Gasteiger partial charge in [0.1, 0.15) is 17.6 Å². The number of nitro groups is 2. The smallest absolute Gasteiger partial charge is 0.277 e. The van der Waals surface area contributed by atoms with Crippen molar-refractivity contribution in [3.63, 3.8) is 0 Å². The zero-order valence-corrected chi connectivity index (χ0v) is 22.2. The summed E-state index contributed by atoms with van der Waals surface area (Å²) in [6, 6.07) is 10.8. The van der Waals surface area contributed by atoms with Crippen molar-refractivity contribution in [3.8, 4) is 11.3 Å². The van der Waals surface area contributed by atoms with Crippen LogP contribution in [-0.4, -0.2) is 33.9 Å². The van der Waals surface area contributed by atoms with Crippen molar-refractivity contribution in [1.29, 1.82) is 0 Å². The highest BCUT2D eigenvalue weighted by molar-refractivity contribution is 9.10. The van der Waals surface area contributed by atoms with Crippen molar-refractivity contribution in [2.45, 2.75) is 33.2 Å². The average Bonchev–Trinajstić information content (AvgIpc) is 3.31. The molecule has 13 heteroatoms. The van der Waals surface area contributed by atoms with Crippen LogP contribution in [0.3, 0.4) is 0 Å². The number of carbonyl (C=O) groups is 2. The van der Waals surface area contributed by atoms with Gasteiger partial charge < -0.3 is 9.73 Å². The molecule has 0 aliphatic heterocycles. The van der Waals surface area contributed by atoms with Gasteiger partial charge in [0.25, 0.3) is 23.2 Å². The number of hydrazone groups is 1. The number of furan rings is 1. The molecule has 2 amide bonds. The number of non-ortho nitro benzene ring substituents is 2. The number of amides is 2. The Morgan fingerprint density at radius 3 is 2.29 bits per heavy atom. The first kappa shape index (κ1) is 28.2. The second kappa shape index (κ2) is 12.2. The van der Waals surface area contributed by atoms with Crippen molar-refractivity contribution >= 4 is 45.3 Å². The van der Waals surface area contributed by atoms with E-state index in [9.17, 15) is 29.8 Å². The highest BCUT2D eigenvalue weighted by Crippen LogP contribution is 2.30. The summed E-state index contributed by atoms with van der Waals surface area (Å²) in [6.07, 6.45) is 1.53. The molecule has 0 saturated heterocycles. The summed E-state index contributed by atoms with van der Waals surface area (Å²) in [5.74, 6) is -0.561. The first-order valence-electron chi connectivity index (χ1n) is 11.4. The van der Waals surface area contributed by atoms with E-state index in [1.54, 1.807) is 12.1 Å². The molecule has 0 spiro atoms. The van der Waals surface area contributed by atoms with Crippen LogP contribution in [0.2, 0.25) is 0 Å².